The molecule has 1 aliphatic rings. The predicted molar refractivity (Wildman–Crippen MR) is 48.0 cm³/mol. The zero-order chi connectivity index (χ0) is 11.9. The first-order valence-electron chi connectivity index (χ1n) is 4.41. The zero-order valence-electron chi connectivity index (χ0n) is 7.89. The molecule has 1 N–H and O–H groups in total. The fraction of sp³-hybridized carbons (Fsp3) is 0.200. The Bertz CT molecular complexity index is 480. The van der Waals surface area contributed by atoms with Crippen molar-refractivity contribution in [2.75, 3.05) is 0 Å². The van der Waals surface area contributed by atoms with Gasteiger partial charge in [-0.05, 0) is 17.7 Å². The van der Waals surface area contributed by atoms with Gasteiger partial charge in [0.05, 0.1) is 11.1 Å². The van der Waals surface area contributed by atoms with Crippen LogP contribution in [0.4, 0.5) is 13.2 Å². The molecule has 0 atom stereocenters. The van der Waals surface area contributed by atoms with Crippen LogP contribution in [0.5, 0.6) is 0 Å². The Morgan fingerprint density at radius 3 is 2.56 bits per heavy atom. The molecule has 1 heterocycles. The molecule has 0 saturated heterocycles. The lowest BCUT2D eigenvalue weighted by atomic mass is 9.99. The number of rotatable bonds is 1. The Morgan fingerprint density at radius 1 is 1.31 bits per heavy atom. The van der Waals surface area contributed by atoms with Crippen molar-refractivity contribution < 1.29 is 22.8 Å². The number of alkyl halides is 3. The van der Waals surface area contributed by atoms with E-state index in [1.54, 1.807) is 0 Å². The van der Waals surface area contributed by atoms with E-state index in [1.165, 1.54) is 6.07 Å². The molecule has 2 rings (SSSR count). The van der Waals surface area contributed by atoms with Crippen LogP contribution in [0.1, 0.15) is 31.8 Å². The number of carbonyl (C=O) groups excluding carboxylic acids is 2. The van der Waals surface area contributed by atoms with Crippen LogP contribution < -0.4 is 5.32 Å². The van der Waals surface area contributed by atoms with Crippen LogP contribution in [0.3, 0.4) is 0 Å². The largest absolute Gasteiger partial charge is 0.417 e. The number of aldehydes is 1. The van der Waals surface area contributed by atoms with Crippen molar-refractivity contribution in [1.82, 2.24) is 5.32 Å². The number of carbonyl (C=O) groups is 2. The summed E-state index contributed by atoms with van der Waals surface area (Å²) in [5.74, 6) is -0.750. The lowest BCUT2D eigenvalue weighted by Gasteiger charge is -2.11. The first-order valence-corrected chi connectivity index (χ1v) is 4.41. The molecule has 1 amide bonds. The fourth-order valence-electron chi connectivity index (χ4n) is 1.69. The number of fused-ring (bicyclic) bond motifs is 1. The first kappa shape index (κ1) is 10.7. The first-order chi connectivity index (χ1) is 7.43. The second kappa shape index (κ2) is 3.33. The van der Waals surface area contributed by atoms with Gasteiger partial charge in [-0.3, -0.25) is 9.59 Å². The van der Waals surface area contributed by atoms with Crippen molar-refractivity contribution in [3.05, 3.63) is 34.4 Å². The van der Waals surface area contributed by atoms with Crippen LogP contribution in [0.15, 0.2) is 12.1 Å². The Kier molecular flexibility index (Phi) is 2.22. The number of hydrogen-bond acceptors (Lipinski definition) is 2. The molecular weight excluding hydrogens is 223 g/mol. The number of hydrogen-bond donors (Lipinski definition) is 1. The van der Waals surface area contributed by atoms with Gasteiger partial charge in [0.1, 0.15) is 6.29 Å². The SMILES string of the molecule is O=Cc1cc2c(c(C(F)(F)F)c1)C(=O)NC2. The van der Waals surface area contributed by atoms with Crippen LogP contribution in [0.25, 0.3) is 0 Å². The quantitative estimate of drug-likeness (QED) is 0.746. The van der Waals surface area contributed by atoms with Gasteiger partial charge < -0.3 is 5.32 Å². The van der Waals surface area contributed by atoms with Gasteiger partial charge in [0, 0.05) is 12.1 Å². The molecule has 0 radical (unpaired) electrons. The standard InChI is InChI=1S/C10H6F3NO2/c11-10(12,13)7-2-5(4-15)1-6-3-14-9(16)8(6)7/h1-2,4H,3H2,(H,14,16). The number of amides is 1. The molecule has 0 spiro atoms. The van der Waals surface area contributed by atoms with Crippen molar-refractivity contribution in [3.63, 3.8) is 0 Å². The predicted octanol–water partition coefficient (Wildman–Crippen LogP) is 1.76. The molecule has 0 fully saturated rings. The molecule has 0 unspecified atom stereocenters. The van der Waals surface area contributed by atoms with Gasteiger partial charge in [0.25, 0.3) is 5.91 Å². The average Bonchev–Trinajstić information content (AvgIpc) is 2.58. The van der Waals surface area contributed by atoms with Crippen molar-refractivity contribution in [3.8, 4) is 0 Å². The Morgan fingerprint density at radius 2 is 2.00 bits per heavy atom. The Labute approximate surface area is 88.3 Å². The summed E-state index contributed by atoms with van der Waals surface area (Å²) >= 11 is 0. The van der Waals surface area contributed by atoms with E-state index in [0.29, 0.717) is 12.4 Å². The maximum atomic E-state index is 12.6. The summed E-state index contributed by atoms with van der Waals surface area (Å²) < 4.78 is 37.9. The van der Waals surface area contributed by atoms with Crippen molar-refractivity contribution >= 4 is 12.2 Å². The number of halogens is 3. The highest BCUT2D eigenvalue weighted by atomic mass is 19.4. The summed E-state index contributed by atoms with van der Waals surface area (Å²) in [7, 11) is 0. The van der Waals surface area contributed by atoms with Crippen molar-refractivity contribution in [1.29, 1.82) is 0 Å². The third-order valence-corrected chi connectivity index (χ3v) is 2.35. The average molecular weight is 229 g/mol. The second-order valence-corrected chi connectivity index (χ2v) is 3.40. The maximum Gasteiger partial charge on any atom is 0.417 e. The van der Waals surface area contributed by atoms with E-state index in [9.17, 15) is 22.8 Å². The molecule has 0 bridgehead atoms. The highest BCUT2D eigenvalue weighted by Crippen LogP contribution is 2.35. The van der Waals surface area contributed by atoms with E-state index in [4.69, 9.17) is 0 Å². The van der Waals surface area contributed by atoms with Gasteiger partial charge in [-0.15, -0.1) is 0 Å². The van der Waals surface area contributed by atoms with Gasteiger partial charge in [-0.2, -0.15) is 13.2 Å². The fourth-order valence-corrected chi connectivity index (χ4v) is 1.69. The molecule has 1 aliphatic heterocycles. The highest BCUT2D eigenvalue weighted by Gasteiger charge is 2.38. The minimum atomic E-state index is -4.63. The third-order valence-electron chi connectivity index (χ3n) is 2.35. The Balaban J connectivity index is 2.71. The summed E-state index contributed by atoms with van der Waals surface area (Å²) in [6.45, 7) is 0.0267. The monoisotopic (exact) mass is 229 g/mol. The van der Waals surface area contributed by atoms with Crippen molar-refractivity contribution in [2.24, 2.45) is 0 Å². The van der Waals surface area contributed by atoms with E-state index >= 15 is 0 Å². The number of nitrogens with one attached hydrogen (secondary N) is 1. The summed E-state index contributed by atoms with van der Waals surface area (Å²) in [4.78, 5) is 21.7. The van der Waals surface area contributed by atoms with Crippen molar-refractivity contribution in [2.45, 2.75) is 12.7 Å². The van der Waals surface area contributed by atoms with Gasteiger partial charge in [0.2, 0.25) is 0 Å². The van der Waals surface area contributed by atoms with Crippen LogP contribution in [-0.2, 0) is 12.7 Å². The molecule has 3 nitrogen and oxygen atoms in total. The lowest BCUT2D eigenvalue weighted by Crippen LogP contribution is -2.17. The molecule has 16 heavy (non-hydrogen) atoms. The molecule has 84 valence electrons. The molecule has 1 aromatic carbocycles. The van der Waals surface area contributed by atoms with Gasteiger partial charge in [-0.1, -0.05) is 0 Å². The second-order valence-electron chi connectivity index (χ2n) is 3.40. The van der Waals surface area contributed by atoms with Gasteiger partial charge in [0.15, 0.2) is 0 Å². The summed E-state index contributed by atoms with van der Waals surface area (Å²) in [6, 6.07) is 1.98. The van der Waals surface area contributed by atoms with E-state index in [0.717, 1.165) is 0 Å². The maximum absolute atomic E-state index is 12.6. The van der Waals surface area contributed by atoms with E-state index < -0.39 is 17.6 Å². The van der Waals surface area contributed by atoms with Crippen LogP contribution >= 0.6 is 0 Å². The van der Waals surface area contributed by atoms with Gasteiger partial charge >= 0.3 is 6.18 Å². The van der Waals surface area contributed by atoms with Gasteiger partial charge in [-0.25, -0.2) is 0 Å². The van der Waals surface area contributed by atoms with E-state index in [2.05, 4.69) is 5.32 Å². The Hall–Kier alpha value is -1.85. The molecule has 6 heteroatoms. The molecule has 1 aromatic rings. The summed E-state index contributed by atoms with van der Waals surface area (Å²) in [5, 5.41) is 2.29. The third kappa shape index (κ3) is 1.56. The van der Waals surface area contributed by atoms with E-state index in [1.807, 2.05) is 0 Å². The highest BCUT2D eigenvalue weighted by molar-refractivity contribution is 6.00. The van der Waals surface area contributed by atoms with Crippen LogP contribution in [-0.4, -0.2) is 12.2 Å². The van der Waals surface area contributed by atoms with Crippen LogP contribution in [0.2, 0.25) is 0 Å². The molecule has 0 aliphatic carbocycles. The normalized spacial score (nSPS) is 14.6. The minimum Gasteiger partial charge on any atom is -0.348 e. The zero-order valence-corrected chi connectivity index (χ0v) is 7.89. The molecule has 0 aromatic heterocycles. The number of benzene rings is 1. The lowest BCUT2D eigenvalue weighted by molar-refractivity contribution is -0.137. The minimum absolute atomic E-state index is 0.0267. The van der Waals surface area contributed by atoms with E-state index in [-0.39, 0.29) is 23.2 Å². The topological polar surface area (TPSA) is 46.2 Å². The summed E-state index contributed by atoms with van der Waals surface area (Å²) in [6.07, 6.45) is -4.30. The van der Waals surface area contributed by atoms with Crippen LogP contribution in [0, 0.1) is 0 Å². The molecular formula is C10H6F3NO2. The molecule has 0 saturated carbocycles. The summed E-state index contributed by atoms with van der Waals surface area (Å²) in [5.41, 5.74) is -1.30. The smallest absolute Gasteiger partial charge is 0.348 e.